The first-order valence-electron chi connectivity index (χ1n) is 27.9. The van der Waals surface area contributed by atoms with Crippen LogP contribution in [-0.4, -0.2) is 0 Å². The van der Waals surface area contributed by atoms with E-state index in [0.29, 0.717) is 64.2 Å². The molecule has 77 heavy (non-hydrogen) atoms. The van der Waals surface area contributed by atoms with Crippen molar-refractivity contribution in [2.45, 2.75) is 166 Å². The summed E-state index contributed by atoms with van der Waals surface area (Å²) in [6, 6.07) is 25.2. The van der Waals surface area contributed by atoms with Gasteiger partial charge in [-0.3, -0.25) is 0 Å². The van der Waals surface area contributed by atoms with Crippen LogP contribution in [-0.2, 0) is 36.1 Å². The number of hydrogen-bond donors (Lipinski definition) is 0. The quantitative estimate of drug-likeness (QED) is 0.0715. The van der Waals surface area contributed by atoms with Gasteiger partial charge >= 0.3 is 0 Å². The van der Waals surface area contributed by atoms with E-state index in [2.05, 4.69) is 104 Å². The molecule has 0 aliphatic heterocycles. The lowest BCUT2D eigenvalue weighted by Crippen LogP contribution is -2.31. The van der Waals surface area contributed by atoms with Crippen molar-refractivity contribution < 1.29 is 36.5 Å². The summed E-state index contributed by atoms with van der Waals surface area (Å²) in [5.41, 5.74) is 10.4. The molecule has 0 amide bonds. The van der Waals surface area contributed by atoms with Crippen molar-refractivity contribution in [3.8, 4) is 28.7 Å². The van der Waals surface area contributed by atoms with Crippen LogP contribution in [0.2, 0.25) is 0 Å². The molecule has 6 atom stereocenters. The molecule has 0 N–H and O–H groups in total. The minimum atomic E-state index is -1.84. The second-order valence-electron chi connectivity index (χ2n) is 25.3. The number of benzene rings is 6. The molecular formula is C69H80F4O4. The van der Waals surface area contributed by atoms with Gasteiger partial charge in [-0.2, -0.15) is 8.78 Å². The average Bonchev–Trinajstić information content (AvgIpc) is 4.03. The van der Waals surface area contributed by atoms with Gasteiger partial charge in [0.2, 0.25) is 17.4 Å². The Morgan fingerprint density at radius 2 is 0.935 bits per heavy atom. The summed E-state index contributed by atoms with van der Waals surface area (Å²) in [5.74, 6) is -1.30. The highest BCUT2D eigenvalue weighted by Gasteiger charge is 2.58. The van der Waals surface area contributed by atoms with E-state index >= 15 is 17.6 Å². The van der Waals surface area contributed by atoms with Gasteiger partial charge in [0.15, 0.2) is 11.6 Å². The minimum Gasteiger partial charge on any atom is -0.488 e. The Kier molecular flexibility index (Phi) is 15.2. The van der Waals surface area contributed by atoms with Crippen LogP contribution in [0.4, 0.5) is 17.6 Å². The fourth-order valence-corrected chi connectivity index (χ4v) is 14.1. The number of ether oxygens (including phenoxy) is 4. The predicted octanol–water partition coefficient (Wildman–Crippen LogP) is 18.7. The number of rotatable bonds is 16. The Bertz CT molecular complexity index is 3130. The zero-order valence-electron chi connectivity index (χ0n) is 48.3. The Balaban J connectivity index is 0.872. The van der Waals surface area contributed by atoms with Crippen molar-refractivity contribution in [3.05, 3.63) is 186 Å². The molecule has 2 bridgehead atoms. The first-order chi connectivity index (χ1) is 36.2. The van der Waals surface area contributed by atoms with Crippen LogP contribution in [0.5, 0.6) is 28.7 Å². The summed E-state index contributed by atoms with van der Waals surface area (Å²) in [4.78, 5) is 0. The Morgan fingerprint density at radius 3 is 1.45 bits per heavy atom. The molecule has 6 unspecified atom stereocenters. The van der Waals surface area contributed by atoms with Crippen molar-refractivity contribution >= 4 is 6.08 Å². The van der Waals surface area contributed by atoms with Crippen LogP contribution in [0.3, 0.4) is 0 Å². The maximum Gasteiger partial charge on any atom is 0.205 e. The largest absolute Gasteiger partial charge is 0.488 e. The summed E-state index contributed by atoms with van der Waals surface area (Å²) in [7, 11) is 0. The molecule has 4 nitrogen and oxygen atoms in total. The molecule has 6 aromatic carbocycles. The summed E-state index contributed by atoms with van der Waals surface area (Å²) in [6.07, 6.45) is 8.84. The molecule has 0 heterocycles. The van der Waals surface area contributed by atoms with Gasteiger partial charge in [0.05, 0.1) is 5.56 Å². The molecule has 8 heteroatoms. The van der Waals surface area contributed by atoms with Crippen molar-refractivity contribution in [2.24, 2.45) is 35.5 Å². The molecule has 0 aromatic heterocycles. The van der Waals surface area contributed by atoms with Gasteiger partial charge in [0, 0.05) is 0 Å². The van der Waals surface area contributed by atoms with Crippen molar-refractivity contribution in [1.82, 2.24) is 0 Å². The lowest BCUT2D eigenvalue weighted by Gasteiger charge is -2.33. The molecule has 6 aromatic rings. The van der Waals surface area contributed by atoms with Crippen LogP contribution in [0.15, 0.2) is 79.4 Å². The van der Waals surface area contributed by atoms with Crippen LogP contribution >= 0.6 is 0 Å². The first kappa shape index (κ1) is 55.7. The smallest absolute Gasteiger partial charge is 0.205 e. The molecule has 0 radical (unpaired) electrons. The van der Waals surface area contributed by atoms with E-state index in [4.69, 9.17) is 18.9 Å². The van der Waals surface area contributed by atoms with Gasteiger partial charge in [0.25, 0.3) is 0 Å². The zero-order valence-corrected chi connectivity index (χ0v) is 48.3. The Hall–Kier alpha value is -6.02. The van der Waals surface area contributed by atoms with Crippen LogP contribution in [0.1, 0.15) is 158 Å². The molecule has 3 fully saturated rings. The van der Waals surface area contributed by atoms with Crippen LogP contribution in [0, 0.1) is 114 Å². The molecule has 0 spiro atoms. The highest BCUT2D eigenvalue weighted by molar-refractivity contribution is 5.52. The average molecular weight is 1050 g/mol. The third kappa shape index (κ3) is 10.8. The third-order valence-corrected chi connectivity index (χ3v) is 17.7. The number of hydrogen-bond acceptors (Lipinski definition) is 4. The maximum atomic E-state index is 16.4. The molecule has 9 rings (SSSR count). The molecule has 3 aliphatic rings. The molecule has 3 saturated carbocycles. The van der Waals surface area contributed by atoms with E-state index in [-0.39, 0.29) is 11.2 Å². The topological polar surface area (TPSA) is 36.9 Å². The van der Waals surface area contributed by atoms with Crippen molar-refractivity contribution in [1.29, 1.82) is 0 Å². The number of aryl methyl sites for hydroxylation is 8. The summed E-state index contributed by atoms with van der Waals surface area (Å²) >= 11 is 0. The van der Waals surface area contributed by atoms with E-state index in [1.165, 1.54) is 61.8 Å². The van der Waals surface area contributed by atoms with Crippen LogP contribution < -0.4 is 18.9 Å². The van der Waals surface area contributed by atoms with Gasteiger partial charge in [-0.15, -0.1) is 0 Å². The van der Waals surface area contributed by atoms with Gasteiger partial charge < -0.3 is 18.9 Å². The number of fused-ring (bicyclic) bond motifs is 5. The Morgan fingerprint density at radius 1 is 0.481 bits per heavy atom. The molecule has 0 saturated heterocycles. The van der Waals surface area contributed by atoms with Gasteiger partial charge in [-0.1, -0.05) is 94.1 Å². The summed E-state index contributed by atoms with van der Waals surface area (Å²) < 4.78 is 90.7. The normalized spacial score (nSPS) is 20.1. The highest BCUT2D eigenvalue weighted by Crippen LogP contribution is 2.64. The zero-order chi connectivity index (χ0) is 55.8. The lowest BCUT2D eigenvalue weighted by atomic mass is 9.76. The summed E-state index contributed by atoms with van der Waals surface area (Å²) in [6.45, 7) is 33.5. The third-order valence-electron chi connectivity index (χ3n) is 17.7. The monoisotopic (exact) mass is 1050 g/mol. The van der Waals surface area contributed by atoms with E-state index in [1.54, 1.807) is 0 Å². The van der Waals surface area contributed by atoms with Gasteiger partial charge in [-0.25, -0.2) is 8.78 Å². The molecular weight excluding hydrogens is 969 g/mol. The van der Waals surface area contributed by atoms with Crippen molar-refractivity contribution in [3.63, 3.8) is 0 Å². The van der Waals surface area contributed by atoms with E-state index in [9.17, 15) is 0 Å². The van der Waals surface area contributed by atoms with Gasteiger partial charge in [-0.05, 0) is 253 Å². The fourth-order valence-electron chi connectivity index (χ4n) is 14.1. The van der Waals surface area contributed by atoms with Gasteiger partial charge in [0.1, 0.15) is 40.8 Å². The number of halogens is 4. The lowest BCUT2D eigenvalue weighted by molar-refractivity contribution is 0.0935. The fraction of sp³-hybridized carbons (Fsp3) is 0.449. The first-order valence-corrected chi connectivity index (χ1v) is 27.9. The maximum absolute atomic E-state index is 16.4. The molecule has 408 valence electrons. The SMILES string of the molecule is C=Cc1ccc(COc2c(C)cc(CC3CCC4C5CCC(C5Cc5cc(C)c(Oc6c(F)c(F)c(C(C)(C)Oc7c(C)cc(C(C)(C)Oc8c(C)cc(C(C)(C)C)cc8C)cc7C)c(F)c6F)c(C)c5)C34)cc2C)cc1. The highest BCUT2D eigenvalue weighted by atomic mass is 19.2. The second-order valence-corrected chi connectivity index (χ2v) is 25.3. The van der Waals surface area contributed by atoms with Crippen molar-refractivity contribution in [2.75, 3.05) is 0 Å². The molecule has 3 aliphatic carbocycles. The minimum absolute atomic E-state index is 0.0129. The Labute approximate surface area is 456 Å². The summed E-state index contributed by atoms with van der Waals surface area (Å²) in [5, 5.41) is 0. The van der Waals surface area contributed by atoms with E-state index in [1.807, 2.05) is 71.9 Å². The second kappa shape index (κ2) is 21.0. The van der Waals surface area contributed by atoms with Crippen LogP contribution in [0.25, 0.3) is 6.08 Å². The van der Waals surface area contributed by atoms with E-state index < -0.39 is 45.8 Å². The predicted molar refractivity (Wildman–Crippen MR) is 304 cm³/mol. The standard InChI is InChI=1S/C69H80F4O4/c1-17-45-18-20-46(21-19-45)36-74-62-37(2)26-47(27-38(62)3)34-49-22-23-53-52-24-25-54(56(49)53)55(52)35-48-28-39(4)63(40(5)29-48)75-66-60(72)58(70)57(59(71)61(66)73)69(15,16)77-65-43(8)32-51(33-44(65)9)68(13,14)76-64-41(6)30-50(31-42(64)7)67(10,11)12/h17-21,26-33,49,52-56H,1,22-25,34-36H2,2-16H3. The van der Waals surface area contributed by atoms with E-state index in [0.717, 1.165) is 63.6 Å².